The number of benzene rings is 1. The highest BCUT2D eigenvalue weighted by Crippen LogP contribution is 2.55. The minimum atomic E-state index is 0.0226. The van der Waals surface area contributed by atoms with Gasteiger partial charge in [0, 0.05) is 41.1 Å². The Morgan fingerprint density at radius 3 is 2.69 bits per heavy atom. The smallest absolute Gasteiger partial charge is 0.263 e. The van der Waals surface area contributed by atoms with Gasteiger partial charge in [-0.2, -0.15) is 0 Å². The van der Waals surface area contributed by atoms with Crippen molar-refractivity contribution in [3.05, 3.63) is 29.1 Å². The van der Waals surface area contributed by atoms with Crippen LogP contribution in [0.4, 0.5) is 11.5 Å². The molecule has 6 rings (SSSR count). The maximum Gasteiger partial charge on any atom is 0.263 e. The fourth-order valence-corrected chi connectivity index (χ4v) is 7.13. The topological polar surface area (TPSA) is 57.3 Å². The van der Waals surface area contributed by atoms with Crippen LogP contribution in [0.15, 0.2) is 24.3 Å². The minimum absolute atomic E-state index is 0.0226. The molecule has 1 atom stereocenters. The zero-order chi connectivity index (χ0) is 22.0. The Labute approximate surface area is 193 Å². The third-order valence-corrected chi connectivity index (χ3v) is 9.31. The van der Waals surface area contributed by atoms with Crippen LogP contribution in [-0.2, 0) is 0 Å². The van der Waals surface area contributed by atoms with E-state index in [9.17, 15) is 4.79 Å². The third-order valence-electron chi connectivity index (χ3n) is 8.16. The molecule has 1 saturated heterocycles. The van der Waals surface area contributed by atoms with E-state index in [0.717, 1.165) is 68.8 Å². The van der Waals surface area contributed by atoms with Crippen molar-refractivity contribution in [2.75, 3.05) is 29.9 Å². The lowest BCUT2D eigenvalue weighted by Crippen LogP contribution is -2.48. The maximum atomic E-state index is 12.7. The van der Waals surface area contributed by atoms with Crippen LogP contribution in [0.1, 0.15) is 56.1 Å². The highest BCUT2D eigenvalue weighted by molar-refractivity contribution is 7.21. The summed E-state index contributed by atoms with van der Waals surface area (Å²) in [4.78, 5) is 21.0. The lowest BCUT2D eigenvalue weighted by atomic mass is 9.55. The highest BCUT2D eigenvalue weighted by Gasteiger charge is 2.46. The number of nitrogens with one attached hydrogen (secondary N) is 2. The van der Waals surface area contributed by atoms with E-state index >= 15 is 0 Å². The number of piperidine rings is 1. The van der Waals surface area contributed by atoms with E-state index in [1.165, 1.54) is 25.7 Å². The molecule has 2 N–H and O–H groups in total. The van der Waals surface area contributed by atoms with Crippen LogP contribution in [0.5, 0.6) is 0 Å². The van der Waals surface area contributed by atoms with Crippen LogP contribution in [0.25, 0.3) is 21.0 Å². The summed E-state index contributed by atoms with van der Waals surface area (Å²) in [5.41, 5.74) is 2.59. The summed E-state index contributed by atoms with van der Waals surface area (Å²) < 4.78 is 1.14. The van der Waals surface area contributed by atoms with Gasteiger partial charge >= 0.3 is 0 Å². The van der Waals surface area contributed by atoms with Gasteiger partial charge in [-0.15, -0.1) is 11.3 Å². The lowest BCUT2D eigenvalue weighted by molar-refractivity contribution is 0.00322. The molecule has 168 valence electrons. The van der Waals surface area contributed by atoms with Crippen LogP contribution in [0.3, 0.4) is 0 Å². The minimum Gasteiger partial charge on any atom is -0.381 e. The lowest BCUT2D eigenvalue weighted by Gasteiger charge is -2.54. The van der Waals surface area contributed by atoms with Crippen LogP contribution >= 0.6 is 11.3 Å². The van der Waals surface area contributed by atoms with Crippen LogP contribution in [0, 0.1) is 17.3 Å². The molecule has 0 unspecified atom stereocenters. The number of carbonyl (C=O) groups is 1. The molecular weight excluding hydrogens is 416 g/mol. The van der Waals surface area contributed by atoms with Crippen molar-refractivity contribution in [3.63, 3.8) is 0 Å². The standard InChI is InChI=1S/C26H32N4OS/c1-15(2)17-12-26(13-17)8-10-30(11-9-26)21-7-4-18-19(29-21)5-6-20-22(18)23-24(32-20)25(31)28-16(3)14-27-23/h4-7,15-17,27H,8-14H2,1-3H3,(H,28,31)/t16-/m1/s1. The van der Waals surface area contributed by atoms with Crippen molar-refractivity contribution in [2.45, 2.75) is 52.5 Å². The first kappa shape index (κ1) is 20.3. The molecule has 1 amide bonds. The Kier molecular flexibility index (Phi) is 4.65. The van der Waals surface area contributed by atoms with Crippen molar-refractivity contribution < 1.29 is 4.79 Å². The predicted molar refractivity (Wildman–Crippen MR) is 134 cm³/mol. The zero-order valence-electron chi connectivity index (χ0n) is 19.2. The number of amides is 1. The molecule has 0 bridgehead atoms. The number of aromatic nitrogens is 1. The first-order valence-electron chi connectivity index (χ1n) is 12.1. The van der Waals surface area contributed by atoms with Crippen LogP contribution in [-0.4, -0.2) is 36.6 Å². The SMILES string of the molecule is CC(C)C1CC2(CCN(c3ccc4c(ccc5sc6c(c54)NC[C@@H](C)NC6=O)n3)CC2)C1. The van der Waals surface area contributed by atoms with Gasteiger partial charge in [-0.25, -0.2) is 4.98 Å². The van der Waals surface area contributed by atoms with Crippen LogP contribution in [0.2, 0.25) is 0 Å². The zero-order valence-corrected chi connectivity index (χ0v) is 20.0. The number of pyridine rings is 1. The largest absolute Gasteiger partial charge is 0.381 e. The molecule has 2 aromatic heterocycles. The van der Waals surface area contributed by atoms with Gasteiger partial charge in [0.05, 0.1) is 11.2 Å². The molecule has 1 aromatic carbocycles. The van der Waals surface area contributed by atoms with Gasteiger partial charge in [0.2, 0.25) is 0 Å². The molecule has 1 saturated carbocycles. The maximum absolute atomic E-state index is 12.7. The Balaban J connectivity index is 1.29. The van der Waals surface area contributed by atoms with E-state index in [1.807, 2.05) is 6.92 Å². The number of hydrogen-bond donors (Lipinski definition) is 2. The number of nitrogens with zero attached hydrogens (tertiary/aromatic N) is 2. The summed E-state index contributed by atoms with van der Waals surface area (Å²) >= 11 is 1.57. The average Bonchev–Trinajstić information content (AvgIpc) is 3.08. The molecule has 1 aliphatic carbocycles. The summed E-state index contributed by atoms with van der Waals surface area (Å²) in [6.07, 6.45) is 5.43. The van der Waals surface area contributed by atoms with Gasteiger partial charge in [-0.05, 0) is 74.1 Å². The Morgan fingerprint density at radius 2 is 1.94 bits per heavy atom. The molecule has 0 radical (unpaired) electrons. The molecule has 1 spiro atoms. The number of rotatable bonds is 2. The van der Waals surface area contributed by atoms with Crippen molar-refractivity contribution in [2.24, 2.45) is 17.3 Å². The predicted octanol–water partition coefficient (Wildman–Crippen LogP) is 5.65. The fraction of sp³-hybridized carbons (Fsp3) is 0.538. The Hall–Kier alpha value is -2.34. The van der Waals surface area contributed by atoms with Gasteiger partial charge in [-0.3, -0.25) is 4.79 Å². The highest BCUT2D eigenvalue weighted by atomic mass is 32.1. The average molecular weight is 449 g/mol. The van der Waals surface area contributed by atoms with E-state index in [1.54, 1.807) is 11.3 Å². The van der Waals surface area contributed by atoms with E-state index in [4.69, 9.17) is 4.98 Å². The second kappa shape index (κ2) is 7.34. The Bertz CT molecular complexity index is 1200. The fourth-order valence-electron chi connectivity index (χ4n) is 6.03. The number of fused-ring (bicyclic) bond motifs is 5. The third kappa shape index (κ3) is 3.18. The first-order chi connectivity index (χ1) is 15.4. The van der Waals surface area contributed by atoms with Gasteiger partial charge in [0.15, 0.2) is 0 Å². The van der Waals surface area contributed by atoms with Crippen molar-refractivity contribution in [1.82, 2.24) is 10.3 Å². The van der Waals surface area contributed by atoms with Gasteiger partial charge in [0.25, 0.3) is 5.91 Å². The number of hydrogen-bond acceptors (Lipinski definition) is 5. The number of anilines is 2. The van der Waals surface area contributed by atoms with Crippen molar-refractivity contribution >= 4 is 49.7 Å². The molecule has 3 aliphatic rings. The molecule has 2 fully saturated rings. The summed E-state index contributed by atoms with van der Waals surface area (Å²) in [6.45, 7) is 9.73. The van der Waals surface area contributed by atoms with E-state index < -0.39 is 0 Å². The summed E-state index contributed by atoms with van der Waals surface area (Å²) in [5, 5.41) is 8.86. The number of carbonyl (C=O) groups excluding carboxylic acids is 1. The molecule has 2 aliphatic heterocycles. The van der Waals surface area contributed by atoms with Crippen LogP contribution < -0.4 is 15.5 Å². The summed E-state index contributed by atoms with van der Waals surface area (Å²) in [6, 6.07) is 8.75. The van der Waals surface area contributed by atoms with Crippen molar-refractivity contribution in [3.8, 4) is 0 Å². The van der Waals surface area contributed by atoms with Gasteiger partial charge in [0.1, 0.15) is 10.7 Å². The second-order valence-electron chi connectivity index (χ2n) is 10.6. The number of thiophene rings is 1. The van der Waals surface area contributed by atoms with Gasteiger partial charge < -0.3 is 15.5 Å². The molecule has 4 heterocycles. The normalized spacial score (nSPS) is 23.2. The monoisotopic (exact) mass is 448 g/mol. The molecule has 6 heteroatoms. The molecule has 32 heavy (non-hydrogen) atoms. The molecule has 3 aromatic rings. The molecular formula is C26H32N4OS. The van der Waals surface area contributed by atoms with E-state index in [-0.39, 0.29) is 11.9 Å². The van der Waals surface area contributed by atoms with E-state index in [2.05, 4.69) is 53.6 Å². The second-order valence-corrected chi connectivity index (χ2v) is 11.7. The van der Waals surface area contributed by atoms with Crippen molar-refractivity contribution in [1.29, 1.82) is 0 Å². The molecule has 5 nitrogen and oxygen atoms in total. The quantitative estimate of drug-likeness (QED) is 0.532. The summed E-state index contributed by atoms with van der Waals surface area (Å²) in [5.74, 6) is 2.87. The summed E-state index contributed by atoms with van der Waals surface area (Å²) in [7, 11) is 0. The first-order valence-corrected chi connectivity index (χ1v) is 12.9. The van der Waals surface area contributed by atoms with E-state index in [0.29, 0.717) is 5.41 Å². The Morgan fingerprint density at radius 1 is 1.16 bits per heavy atom. The van der Waals surface area contributed by atoms with Gasteiger partial charge in [-0.1, -0.05) is 13.8 Å².